The van der Waals surface area contributed by atoms with Gasteiger partial charge in [-0.2, -0.15) is 0 Å². The van der Waals surface area contributed by atoms with Crippen molar-refractivity contribution >= 4 is 20.0 Å². The molecule has 0 aliphatic carbocycles. The minimum Gasteiger partial charge on any atom is -0.481 e. The average Bonchev–Trinajstić information content (AvgIpc) is 2.23. The van der Waals surface area contributed by atoms with Gasteiger partial charge in [-0.3, -0.25) is 9.59 Å². The third-order valence-corrected chi connectivity index (χ3v) is 4.41. The van der Waals surface area contributed by atoms with Gasteiger partial charge in [0.1, 0.15) is 17.1 Å². The molecular weight excluding hydrogens is 307 g/mol. The Morgan fingerprint density at radius 1 is 1.09 bits per heavy atom. The van der Waals surface area contributed by atoms with Gasteiger partial charge in [-0.1, -0.05) is 0 Å². The Kier molecular flexibility index (Phi) is 7.66. The van der Waals surface area contributed by atoms with Gasteiger partial charge in [-0.15, -0.1) is 4.52 Å². The lowest BCUT2D eigenvalue weighted by molar-refractivity contribution is -0.160. The largest absolute Gasteiger partial charge is 0.512 e. The van der Waals surface area contributed by atoms with E-state index in [9.17, 15) is 14.2 Å². The fourth-order valence-electron chi connectivity index (χ4n) is 1.71. The molecule has 0 rings (SSSR count). The second kappa shape index (κ2) is 8.02. The Morgan fingerprint density at radius 2 is 1.59 bits per heavy atom. The molecule has 7 heteroatoms. The molecule has 22 heavy (non-hydrogen) atoms. The van der Waals surface area contributed by atoms with E-state index in [1.165, 1.54) is 0 Å². The third-order valence-electron chi connectivity index (χ3n) is 2.66. The minimum absolute atomic E-state index is 0.0694. The number of hydrogen-bond acceptors (Lipinski definition) is 5. The summed E-state index contributed by atoms with van der Waals surface area (Å²) in [5.74, 6) is -2.32. The zero-order chi connectivity index (χ0) is 17.7. The van der Waals surface area contributed by atoms with E-state index in [1.54, 1.807) is 48.5 Å². The number of esters is 1. The lowest BCUT2D eigenvalue weighted by Gasteiger charge is -2.24. The van der Waals surface area contributed by atoms with Crippen LogP contribution in [0.1, 0.15) is 61.3 Å². The van der Waals surface area contributed by atoms with Gasteiger partial charge in [-0.25, -0.2) is 0 Å². The summed E-state index contributed by atoms with van der Waals surface area (Å²) >= 11 is 0. The summed E-state index contributed by atoms with van der Waals surface area (Å²) in [6.07, 6.45) is -0.118. The fraction of sp³-hybridized carbons (Fsp3) is 0.867. The van der Waals surface area contributed by atoms with E-state index in [0.717, 1.165) is 0 Å². The Labute approximate surface area is 133 Å². The third kappa shape index (κ3) is 9.11. The van der Waals surface area contributed by atoms with Gasteiger partial charge < -0.3 is 9.84 Å². The Balaban J connectivity index is 5.09. The highest BCUT2D eigenvalue weighted by molar-refractivity contribution is 7.40. The van der Waals surface area contributed by atoms with Crippen molar-refractivity contribution in [3.63, 3.8) is 0 Å². The van der Waals surface area contributed by atoms with Gasteiger partial charge in [0.2, 0.25) is 0 Å². The van der Waals surface area contributed by atoms with Crippen LogP contribution in [-0.4, -0.2) is 33.9 Å². The topological polar surface area (TPSA) is 89.9 Å². The van der Waals surface area contributed by atoms with Crippen molar-refractivity contribution in [2.45, 2.75) is 78.2 Å². The van der Waals surface area contributed by atoms with E-state index in [0.29, 0.717) is 0 Å². The minimum atomic E-state index is -2.12. The molecule has 0 heterocycles. The molecule has 0 radical (unpaired) electrons. The first-order valence-corrected chi connectivity index (χ1v) is 8.58. The summed E-state index contributed by atoms with van der Waals surface area (Å²) in [7, 11) is -2.12. The lowest BCUT2D eigenvalue weighted by atomic mass is 9.99. The van der Waals surface area contributed by atoms with Crippen LogP contribution in [0, 0.1) is 5.92 Å². The predicted octanol–water partition coefficient (Wildman–Crippen LogP) is 3.76. The van der Waals surface area contributed by atoms with Crippen LogP contribution in [0.25, 0.3) is 0 Å². The monoisotopic (exact) mass is 335 g/mol. The summed E-state index contributed by atoms with van der Waals surface area (Å²) in [5, 5.41) is 8.83. The van der Waals surface area contributed by atoms with Crippen LogP contribution in [0.15, 0.2) is 0 Å². The van der Waals surface area contributed by atoms with Crippen LogP contribution in [-0.2, 0) is 23.4 Å². The summed E-state index contributed by atoms with van der Waals surface area (Å²) in [6, 6.07) is 0. The van der Waals surface area contributed by atoms with Gasteiger partial charge in [0, 0.05) is 6.42 Å². The van der Waals surface area contributed by atoms with Gasteiger partial charge in [-0.05, 0) is 59.5 Å². The quantitative estimate of drug-likeness (QED) is 0.563. The van der Waals surface area contributed by atoms with E-state index in [4.69, 9.17) is 14.4 Å². The zero-order valence-electron chi connectivity index (χ0n) is 14.5. The summed E-state index contributed by atoms with van der Waals surface area (Å²) in [4.78, 5) is 23.1. The van der Waals surface area contributed by atoms with E-state index in [2.05, 4.69) is 0 Å². The maximum Gasteiger partial charge on any atom is 0.512 e. The maximum atomic E-state index is 12.3. The number of aliphatic carboxylic acids is 1. The van der Waals surface area contributed by atoms with E-state index in [-0.39, 0.29) is 12.8 Å². The highest BCUT2D eigenvalue weighted by atomic mass is 31.1. The number of rotatable bonds is 7. The molecule has 0 saturated carbocycles. The van der Waals surface area contributed by atoms with Crippen LogP contribution < -0.4 is 0 Å². The van der Waals surface area contributed by atoms with Gasteiger partial charge >= 0.3 is 20.0 Å². The molecular formula is C15H28O6P+. The molecule has 0 aromatic carbocycles. The second-order valence-electron chi connectivity index (χ2n) is 7.30. The highest BCUT2D eigenvalue weighted by Crippen LogP contribution is 2.40. The van der Waals surface area contributed by atoms with Crippen molar-refractivity contribution in [3.8, 4) is 0 Å². The van der Waals surface area contributed by atoms with E-state index >= 15 is 0 Å². The van der Waals surface area contributed by atoms with Crippen LogP contribution in [0.4, 0.5) is 0 Å². The van der Waals surface area contributed by atoms with Crippen LogP contribution in [0.2, 0.25) is 0 Å². The van der Waals surface area contributed by atoms with Gasteiger partial charge in [0.25, 0.3) is 0 Å². The lowest BCUT2D eigenvalue weighted by Crippen LogP contribution is -2.34. The summed E-state index contributed by atoms with van der Waals surface area (Å²) in [5.41, 5.74) is -1.91. The van der Waals surface area contributed by atoms with Crippen molar-refractivity contribution in [1.82, 2.24) is 0 Å². The summed E-state index contributed by atoms with van der Waals surface area (Å²) in [6.45, 7) is 12.1. The maximum absolute atomic E-state index is 12.3. The van der Waals surface area contributed by atoms with Crippen molar-refractivity contribution in [3.05, 3.63) is 0 Å². The van der Waals surface area contributed by atoms with E-state index < -0.39 is 42.7 Å². The van der Waals surface area contributed by atoms with Crippen molar-refractivity contribution in [1.29, 1.82) is 0 Å². The SMILES string of the molecule is CC(C(CCC(=O)O)C(=O)OC(C)(C)C)[P+](=O)OC(C)(C)C. The molecule has 0 aliphatic rings. The van der Waals surface area contributed by atoms with Crippen LogP contribution in [0.3, 0.4) is 0 Å². The smallest absolute Gasteiger partial charge is 0.481 e. The molecule has 0 aliphatic heterocycles. The fourth-order valence-corrected chi connectivity index (χ4v) is 2.98. The van der Waals surface area contributed by atoms with Crippen molar-refractivity contribution in [2.75, 3.05) is 0 Å². The molecule has 0 aromatic heterocycles. The number of carboxylic acids is 1. The van der Waals surface area contributed by atoms with Crippen molar-refractivity contribution in [2.24, 2.45) is 5.92 Å². The zero-order valence-corrected chi connectivity index (χ0v) is 15.4. The van der Waals surface area contributed by atoms with E-state index in [1.807, 2.05) is 0 Å². The molecule has 1 N–H and O–H groups in total. The number of carbonyl (C=O) groups excluding carboxylic acids is 1. The molecule has 0 spiro atoms. The molecule has 0 amide bonds. The second-order valence-corrected chi connectivity index (χ2v) is 8.87. The number of ether oxygens (including phenoxy) is 1. The normalized spacial score (nSPS) is 15.9. The molecule has 0 bridgehead atoms. The first kappa shape index (κ1) is 21.0. The Morgan fingerprint density at radius 3 is 1.95 bits per heavy atom. The van der Waals surface area contributed by atoms with Gasteiger partial charge in [0.05, 0.1) is 0 Å². The molecule has 0 fully saturated rings. The average molecular weight is 335 g/mol. The molecule has 3 unspecified atom stereocenters. The Bertz CT molecular complexity index is 419. The Hall–Kier alpha value is -1.00. The summed E-state index contributed by atoms with van der Waals surface area (Å²) < 4.78 is 23.0. The number of hydrogen-bond donors (Lipinski definition) is 1. The highest BCUT2D eigenvalue weighted by Gasteiger charge is 2.44. The molecule has 0 aromatic rings. The first-order valence-electron chi connectivity index (χ1n) is 7.33. The van der Waals surface area contributed by atoms with Crippen LogP contribution in [0.5, 0.6) is 0 Å². The standard InChI is InChI=1S/C15H27O6P/c1-10(22(19)21-15(5,6)7)11(8-9-12(16)17)13(18)20-14(2,3)4/h10-11H,8-9H2,1-7H3/p+1. The number of carbonyl (C=O) groups is 2. The number of carboxylic acid groups (broad SMARTS) is 1. The first-order chi connectivity index (χ1) is 9.73. The molecule has 3 atom stereocenters. The van der Waals surface area contributed by atoms with Crippen LogP contribution >= 0.6 is 8.03 Å². The molecule has 6 nitrogen and oxygen atoms in total. The molecule has 128 valence electrons. The molecule has 0 saturated heterocycles. The van der Waals surface area contributed by atoms with Gasteiger partial charge in [0.15, 0.2) is 5.66 Å². The van der Waals surface area contributed by atoms with Crippen molar-refractivity contribution < 1.29 is 28.5 Å². The predicted molar refractivity (Wildman–Crippen MR) is 84.1 cm³/mol.